The van der Waals surface area contributed by atoms with Crippen LogP contribution in [0.3, 0.4) is 0 Å². The smallest absolute Gasteiger partial charge is 0.416 e. The van der Waals surface area contributed by atoms with E-state index in [1.807, 2.05) is 24.3 Å². The van der Waals surface area contributed by atoms with E-state index in [2.05, 4.69) is 21.7 Å². The number of ether oxygens (including phenoxy) is 1. The van der Waals surface area contributed by atoms with E-state index in [9.17, 15) is 18.0 Å². The summed E-state index contributed by atoms with van der Waals surface area (Å²) in [6.45, 7) is 5.82. The van der Waals surface area contributed by atoms with E-state index in [1.54, 1.807) is 19.3 Å². The van der Waals surface area contributed by atoms with Gasteiger partial charge in [0.1, 0.15) is 5.75 Å². The van der Waals surface area contributed by atoms with Gasteiger partial charge in [-0.3, -0.25) is 4.79 Å². The molecule has 0 unspecified atom stereocenters. The third-order valence-corrected chi connectivity index (χ3v) is 6.22. The van der Waals surface area contributed by atoms with Crippen molar-refractivity contribution in [3.8, 4) is 5.75 Å². The number of halogens is 3. The van der Waals surface area contributed by atoms with Gasteiger partial charge in [-0.25, -0.2) is 0 Å². The van der Waals surface area contributed by atoms with Crippen LogP contribution in [0.4, 0.5) is 24.5 Å². The Morgan fingerprint density at radius 2 is 2.06 bits per heavy atom. The number of carbonyl (C=O) groups excluding carboxylic acids is 1. The van der Waals surface area contributed by atoms with Gasteiger partial charge in [-0.05, 0) is 42.3 Å². The molecule has 1 N–H and O–H groups in total. The zero-order valence-electron chi connectivity index (χ0n) is 17.9. The summed E-state index contributed by atoms with van der Waals surface area (Å²) in [4.78, 5) is 17.3. The van der Waals surface area contributed by atoms with Gasteiger partial charge in [-0.15, -0.1) is 6.58 Å². The second-order valence-corrected chi connectivity index (χ2v) is 8.09. The van der Waals surface area contributed by atoms with Crippen molar-refractivity contribution in [1.82, 2.24) is 5.32 Å². The Labute approximate surface area is 185 Å². The zero-order valence-corrected chi connectivity index (χ0v) is 17.9. The second kappa shape index (κ2) is 8.76. The number of fused-ring (bicyclic) bond motifs is 3. The van der Waals surface area contributed by atoms with Crippen molar-refractivity contribution in [2.75, 3.05) is 43.1 Å². The fraction of sp³-hybridized carbons (Fsp3) is 0.375. The first-order valence-corrected chi connectivity index (χ1v) is 10.6. The predicted molar refractivity (Wildman–Crippen MR) is 118 cm³/mol. The van der Waals surface area contributed by atoms with Crippen LogP contribution in [0, 0.1) is 5.92 Å². The van der Waals surface area contributed by atoms with Crippen LogP contribution >= 0.6 is 0 Å². The van der Waals surface area contributed by atoms with Gasteiger partial charge >= 0.3 is 6.18 Å². The van der Waals surface area contributed by atoms with E-state index < -0.39 is 17.7 Å². The van der Waals surface area contributed by atoms with Gasteiger partial charge in [0.2, 0.25) is 5.91 Å². The number of rotatable bonds is 5. The lowest BCUT2D eigenvalue weighted by Gasteiger charge is -2.49. The van der Waals surface area contributed by atoms with Gasteiger partial charge in [-0.2, -0.15) is 13.2 Å². The van der Waals surface area contributed by atoms with E-state index in [-0.39, 0.29) is 18.4 Å². The van der Waals surface area contributed by atoms with Crippen LogP contribution < -0.4 is 19.9 Å². The molecule has 0 saturated carbocycles. The number of nitrogens with one attached hydrogen (secondary N) is 1. The number of alkyl halides is 3. The van der Waals surface area contributed by atoms with Crippen LogP contribution in [0.1, 0.15) is 11.1 Å². The lowest BCUT2D eigenvalue weighted by atomic mass is 9.82. The van der Waals surface area contributed by atoms with E-state index in [0.717, 1.165) is 23.2 Å². The first kappa shape index (κ1) is 22.0. The Hall–Kier alpha value is -3.16. The molecule has 0 spiro atoms. The summed E-state index contributed by atoms with van der Waals surface area (Å²) in [6, 6.07) is 11.4. The molecule has 4 rings (SSSR count). The summed E-state index contributed by atoms with van der Waals surface area (Å²) in [5.41, 5.74) is 1.65. The van der Waals surface area contributed by atoms with Crippen molar-refractivity contribution in [3.63, 3.8) is 0 Å². The van der Waals surface area contributed by atoms with Gasteiger partial charge in [0.05, 0.1) is 24.6 Å². The molecule has 5 nitrogen and oxygen atoms in total. The molecule has 0 radical (unpaired) electrons. The number of anilines is 2. The van der Waals surface area contributed by atoms with Gasteiger partial charge in [0.25, 0.3) is 0 Å². The van der Waals surface area contributed by atoms with Gasteiger partial charge in [0.15, 0.2) is 0 Å². The second-order valence-electron chi connectivity index (χ2n) is 8.09. The number of piperazine rings is 1. The van der Waals surface area contributed by atoms with Crippen LogP contribution in [-0.4, -0.2) is 45.2 Å². The third-order valence-electron chi connectivity index (χ3n) is 6.22. The van der Waals surface area contributed by atoms with Crippen molar-refractivity contribution in [2.24, 2.45) is 5.92 Å². The maximum atomic E-state index is 13.3. The highest BCUT2D eigenvalue weighted by molar-refractivity contribution is 5.82. The molecule has 2 aliphatic heterocycles. The number of hydrogen-bond donors (Lipinski definition) is 1. The Morgan fingerprint density at radius 1 is 1.25 bits per heavy atom. The fourth-order valence-electron chi connectivity index (χ4n) is 4.64. The first-order valence-electron chi connectivity index (χ1n) is 10.6. The van der Waals surface area contributed by atoms with Crippen LogP contribution in [-0.2, 0) is 17.4 Å². The number of nitrogens with zero attached hydrogens (tertiary/aromatic N) is 2. The summed E-state index contributed by atoms with van der Waals surface area (Å²) in [5.74, 6) is 0.105. The first-order chi connectivity index (χ1) is 15.3. The summed E-state index contributed by atoms with van der Waals surface area (Å²) in [5, 5.41) is 2.84. The molecule has 2 aromatic rings. The molecule has 2 atom stereocenters. The Kier molecular flexibility index (Phi) is 6.04. The largest absolute Gasteiger partial charge is 0.497 e. The van der Waals surface area contributed by atoms with Gasteiger partial charge in [-0.1, -0.05) is 12.1 Å². The van der Waals surface area contributed by atoms with E-state index in [1.165, 1.54) is 6.07 Å². The highest BCUT2D eigenvalue weighted by Gasteiger charge is 2.42. The zero-order chi connectivity index (χ0) is 22.9. The van der Waals surface area contributed by atoms with Crippen LogP contribution in [0.25, 0.3) is 0 Å². The molecule has 170 valence electrons. The molecule has 0 bridgehead atoms. The number of hydrogen-bond acceptors (Lipinski definition) is 4. The van der Waals surface area contributed by atoms with Crippen molar-refractivity contribution in [2.45, 2.75) is 18.6 Å². The standard InChI is InChI=1S/C24H26F3N3O2/c1-3-9-28-23(31)20-13-16-12-17(24(25,26)27)7-8-21(16)30-11-10-29(15-22(20)30)18-5-4-6-19(14-18)32-2/h3-8,12,14,20,22H,1,9-11,13,15H2,2H3,(H,28,31)/t20-,22-/m0/s1. The molecule has 0 aromatic heterocycles. The van der Waals surface area contributed by atoms with Crippen molar-refractivity contribution in [1.29, 1.82) is 0 Å². The molecule has 2 aliphatic rings. The molecule has 1 fully saturated rings. The molecule has 1 amide bonds. The molecular formula is C24H26F3N3O2. The highest BCUT2D eigenvalue weighted by Crippen LogP contribution is 2.40. The molecule has 1 saturated heterocycles. The molecule has 32 heavy (non-hydrogen) atoms. The molecular weight excluding hydrogens is 419 g/mol. The van der Waals surface area contributed by atoms with Crippen molar-refractivity contribution in [3.05, 3.63) is 66.2 Å². The fourth-order valence-corrected chi connectivity index (χ4v) is 4.64. The third kappa shape index (κ3) is 4.26. The minimum absolute atomic E-state index is 0.163. The Balaban J connectivity index is 1.67. The summed E-state index contributed by atoms with van der Waals surface area (Å²) in [6.07, 6.45) is -2.56. The summed E-state index contributed by atoms with van der Waals surface area (Å²) >= 11 is 0. The number of methoxy groups -OCH3 is 1. The SMILES string of the molecule is C=CCNC(=O)[C@H]1Cc2cc(C(F)(F)F)ccc2N2CCN(c3cccc(OC)c3)C[C@@H]12. The average Bonchev–Trinajstić information content (AvgIpc) is 2.80. The average molecular weight is 445 g/mol. The number of carbonyl (C=O) groups is 1. The van der Waals surface area contributed by atoms with E-state index in [0.29, 0.717) is 31.7 Å². The normalized spacial score (nSPS) is 20.2. The van der Waals surface area contributed by atoms with Gasteiger partial charge in [0, 0.05) is 43.6 Å². The lowest BCUT2D eigenvalue weighted by molar-refractivity contribution is -0.137. The summed E-state index contributed by atoms with van der Waals surface area (Å²) < 4.78 is 45.2. The summed E-state index contributed by atoms with van der Waals surface area (Å²) in [7, 11) is 1.62. The number of amides is 1. The maximum Gasteiger partial charge on any atom is 0.416 e. The topological polar surface area (TPSA) is 44.8 Å². The molecule has 8 heteroatoms. The van der Waals surface area contributed by atoms with Crippen LogP contribution in [0.15, 0.2) is 55.1 Å². The highest BCUT2D eigenvalue weighted by atomic mass is 19.4. The number of benzene rings is 2. The van der Waals surface area contributed by atoms with Crippen molar-refractivity contribution >= 4 is 17.3 Å². The van der Waals surface area contributed by atoms with Crippen molar-refractivity contribution < 1.29 is 22.7 Å². The lowest BCUT2D eigenvalue weighted by Crippen LogP contribution is -2.61. The molecule has 2 heterocycles. The van der Waals surface area contributed by atoms with E-state index in [4.69, 9.17) is 4.74 Å². The Bertz CT molecular complexity index is 1010. The minimum atomic E-state index is -4.42. The quantitative estimate of drug-likeness (QED) is 0.710. The van der Waals surface area contributed by atoms with Crippen LogP contribution in [0.2, 0.25) is 0 Å². The minimum Gasteiger partial charge on any atom is -0.497 e. The predicted octanol–water partition coefficient (Wildman–Crippen LogP) is 3.88. The monoisotopic (exact) mass is 445 g/mol. The van der Waals surface area contributed by atoms with E-state index >= 15 is 0 Å². The molecule has 0 aliphatic carbocycles. The Morgan fingerprint density at radius 3 is 2.78 bits per heavy atom. The molecule has 2 aromatic carbocycles. The maximum absolute atomic E-state index is 13.3. The van der Waals surface area contributed by atoms with Gasteiger partial charge < -0.3 is 19.9 Å². The van der Waals surface area contributed by atoms with Crippen LogP contribution in [0.5, 0.6) is 5.75 Å².